The molecule has 20 heavy (non-hydrogen) atoms. The van der Waals surface area contributed by atoms with E-state index in [4.69, 9.17) is 0 Å². The number of benzene rings is 1. The number of amides is 1. The Balaban J connectivity index is 2.46. The van der Waals surface area contributed by atoms with Crippen LogP contribution in [0, 0.1) is 11.7 Å². The molecular formula is C14H15BrFNO3. The molecule has 2 atom stereocenters. The van der Waals surface area contributed by atoms with E-state index in [0.29, 0.717) is 16.6 Å². The van der Waals surface area contributed by atoms with Crippen LogP contribution >= 0.6 is 15.9 Å². The molecule has 1 aromatic rings. The monoisotopic (exact) mass is 343 g/mol. The van der Waals surface area contributed by atoms with Gasteiger partial charge in [0.2, 0.25) is 5.91 Å². The average Bonchev–Trinajstić information content (AvgIpc) is 2.41. The lowest BCUT2D eigenvalue weighted by molar-refractivity contribution is -0.151. The van der Waals surface area contributed by atoms with Gasteiger partial charge in [-0.1, -0.05) is 6.07 Å². The molecule has 0 radical (unpaired) electrons. The maximum atomic E-state index is 13.7. The van der Waals surface area contributed by atoms with Crippen LogP contribution in [0.2, 0.25) is 0 Å². The number of nitrogens with zero attached hydrogens (tertiary/aromatic N) is 1. The second-order valence-electron chi connectivity index (χ2n) is 4.78. The van der Waals surface area contributed by atoms with Crippen molar-refractivity contribution in [3.05, 3.63) is 34.1 Å². The highest BCUT2D eigenvalue weighted by atomic mass is 79.9. The van der Waals surface area contributed by atoms with Gasteiger partial charge < -0.3 is 10.0 Å². The maximum Gasteiger partial charge on any atom is 0.308 e. The van der Waals surface area contributed by atoms with E-state index in [1.54, 1.807) is 13.0 Å². The fourth-order valence-electron chi connectivity index (χ4n) is 2.69. The highest BCUT2D eigenvalue weighted by molar-refractivity contribution is 9.10. The van der Waals surface area contributed by atoms with Crippen molar-refractivity contribution in [1.29, 1.82) is 0 Å². The standard InChI is InChI=1S/C14H15BrFNO3/c1-2-17-12(18)6-4-9(14(19)20)13(17)8-3-5-10(15)11(16)7-8/h3,5,7,9,13H,2,4,6H2,1H3,(H,19,20). The predicted molar refractivity (Wildman–Crippen MR) is 74.6 cm³/mol. The Bertz CT molecular complexity index is 547. The first-order chi connectivity index (χ1) is 9.45. The first-order valence-corrected chi connectivity index (χ1v) is 7.22. The molecule has 108 valence electrons. The molecule has 1 fully saturated rings. The largest absolute Gasteiger partial charge is 0.481 e. The second kappa shape index (κ2) is 5.91. The fraction of sp³-hybridized carbons (Fsp3) is 0.429. The van der Waals surface area contributed by atoms with Crippen LogP contribution in [0.15, 0.2) is 22.7 Å². The summed E-state index contributed by atoms with van der Waals surface area (Å²) < 4.78 is 14.0. The Hall–Kier alpha value is -1.43. The summed E-state index contributed by atoms with van der Waals surface area (Å²) in [7, 11) is 0. The normalized spacial score (nSPS) is 22.9. The van der Waals surface area contributed by atoms with Gasteiger partial charge in [-0.25, -0.2) is 4.39 Å². The van der Waals surface area contributed by atoms with Crippen LogP contribution in [0.4, 0.5) is 4.39 Å². The van der Waals surface area contributed by atoms with E-state index in [-0.39, 0.29) is 18.7 Å². The van der Waals surface area contributed by atoms with Gasteiger partial charge in [-0.15, -0.1) is 0 Å². The van der Waals surface area contributed by atoms with Gasteiger partial charge in [-0.2, -0.15) is 0 Å². The van der Waals surface area contributed by atoms with Crippen molar-refractivity contribution >= 4 is 27.8 Å². The molecule has 1 saturated heterocycles. The summed E-state index contributed by atoms with van der Waals surface area (Å²) in [6, 6.07) is 3.89. The van der Waals surface area contributed by atoms with Crippen LogP contribution in [0.25, 0.3) is 0 Å². The maximum absolute atomic E-state index is 13.7. The summed E-state index contributed by atoms with van der Waals surface area (Å²) in [6.07, 6.45) is 0.507. The third-order valence-electron chi connectivity index (χ3n) is 3.65. The lowest BCUT2D eigenvalue weighted by Gasteiger charge is -2.39. The number of likely N-dealkylation sites (tertiary alicyclic amines) is 1. The minimum Gasteiger partial charge on any atom is -0.481 e. The molecule has 6 heteroatoms. The van der Waals surface area contributed by atoms with Gasteiger partial charge in [0.25, 0.3) is 0 Å². The van der Waals surface area contributed by atoms with Crippen molar-refractivity contribution < 1.29 is 19.1 Å². The minimum atomic E-state index is -0.954. The number of halogens is 2. The molecule has 1 aliphatic heterocycles. The van der Waals surface area contributed by atoms with Crippen LogP contribution in [-0.2, 0) is 9.59 Å². The molecule has 0 aliphatic carbocycles. The molecule has 0 bridgehead atoms. The van der Waals surface area contributed by atoms with E-state index >= 15 is 0 Å². The lowest BCUT2D eigenvalue weighted by atomic mass is 9.84. The van der Waals surface area contributed by atoms with Gasteiger partial charge in [0.1, 0.15) is 5.82 Å². The zero-order valence-corrected chi connectivity index (χ0v) is 12.6. The highest BCUT2D eigenvalue weighted by Gasteiger charge is 2.40. The smallest absolute Gasteiger partial charge is 0.308 e. The van der Waals surface area contributed by atoms with Gasteiger partial charge in [0.15, 0.2) is 0 Å². The van der Waals surface area contributed by atoms with E-state index in [0.717, 1.165) is 0 Å². The van der Waals surface area contributed by atoms with Crippen molar-refractivity contribution in [2.75, 3.05) is 6.54 Å². The van der Waals surface area contributed by atoms with Gasteiger partial charge in [-0.05, 0) is 47.0 Å². The zero-order chi connectivity index (χ0) is 14.9. The molecule has 1 aromatic carbocycles. The first kappa shape index (κ1) is 15.0. The molecule has 0 aromatic heterocycles. The summed E-state index contributed by atoms with van der Waals surface area (Å²) in [6.45, 7) is 2.20. The molecule has 1 heterocycles. The Kier molecular flexibility index (Phi) is 4.42. The van der Waals surface area contributed by atoms with Crippen molar-refractivity contribution in [1.82, 2.24) is 4.90 Å². The number of hydrogen-bond donors (Lipinski definition) is 1. The summed E-state index contributed by atoms with van der Waals surface area (Å²) in [5.41, 5.74) is 0.521. The molecule has 2 unspecified atom stereocenters. The number of carboxylic acid groups (broad SMARTS) is 1. The Labute approximate surface area is 124 Å². The zero-order valence-electron chi connectivity index (χ0n) is 11.0. The van der Waals surface area contributed by atoms with Gasteiger partial charge >= 0.3 is 5.97 Å². The summed E-state index contributed by atoms with van der Waals surface area (Å²) in [4.78, 5) is 24.9. The van der Waals surface area contributed by atoms with Crippen LogP contribution in [0.3, 0.4) is 0 Å². The number of carbonyl (C=O) groups is 2. The SMILES string of the molecule is CCN1C(=O)CCC(C(=O)O)C1c1ccc(Br)c(F)c1. The summed E-state index contributed by atoms with van der Waals surface area (Å²) >= 11 is 3.07. The van der Waals surface area contributed by atoms with Crippen molar-refractivity contribution in [2.45, 2.75) is 25.8 Å². The quantitative estimate of drug-likeness (QED) is 0.917. The third-order valence-corrected chi connectivity index (χ3v) is 4.29. The van der Waals surface area contributed by atoms with Crippen LogP contribution in [0.5, 0.6) is 0 Å². The number of piperidine rings is 1. The van der Waals surface area contributed by atoms with E-state index in [2.05, 4.69) is 15.9 Å². The number of carbonyl (C=O) groups excluding carboxylic acids is 1. The van der Waals surface area contributed by atoms with Crippen LogP contribution in [-0.4, -0.2) is 28.4 Å². The highest BCUT2D eigenvalue weighted by Crippen LogP contribution is 2.37. The molecule has 1 N–H and O–H groups in total. The minimum absolute atomic E-state index is 0.0849. The molecule has 2 rings (SSSR count). The van der Waals surface area contributed by atoms with E-state index in [9.17, 15) is 19.1 Å². The molecular weight excluding hydrogens is 329 g/mol. The van der Waals surface area contributed by atoms with Crippen molar-refractivity contribution in [2.24, 2.45) is 5.92 Å². The lowest BCUT2D eigenvalue weighted by Crippen LogP contribution is -2.45. The molecule has 4 nitrogen and oxygen atoms in total. The number of rotatable bonds is 3. The summed E-state index contributed by atoms with van der Waals surface area (Å²) in [5.74, 6) is -2.20. The topological polar surface area (TPSA) is 57.6 Å². The van der Waals surface area contributed by atoms with E-state index in [1.165, 1.54) is 17.0 Å². The molecule has 1 amide bonds. The van der Waals surface area contributed by atoms with Gasteiger partial charge in [0.05, 0.1) is 16.4 Å². The van der Waals surface area contributed by atoms with E-state index in [1.807, 2.05) is 0 Å². The Morgan fingerprint density at radius 2 is 2.25 bits per heavy atom. The average molecular weight is 344 g/mol. The molecule has 0 saturated carbocycles. The third kappa shape index (κ3) is 2.70. The van der Waals surface area contributed by atoms with Crippen LogP contribution < -0.4 is 0 Å². The van der Waals surface area contributed by atoms with E-state index < -0.39 is 23.7 Å². The van der Waals surface area contributed by atoms with Gasteiger partial charge in [0, 0.05) is 13.0 Å². The Morgan fingerprint density at radius 1 is 1.55 bits per heavy atom. The Morgan fingerprint density at radius 3 is 2.80 bits per heavy atom. The summed E-state index contributed by atoms with van der Waals surface area (Å²) in [5, 5.41) is 9.35. The number of aliphatic carboxylic acids is 1. The number of hydrogen-bond acceptors (Lipinski definition) is 2. The molecule has 0 spiro atoms. The van der Waals surface area contributed by atoms with Crippen molar-refractivity contribution in [3.8, 4) is 0 Å². The molecule has 1 aliphatic rings. The van der Waals surface area contributed by atoms with Crippen LogP contribution in [0.1, 0.15) is 31.4 Å². The van der Waals surface area contributed by atoms with Gasteiger partial charge in [-0.3, -0.25) is 9.59 Å². The predicted octanol–water partition coefficient (Wildman–Crippen LogP) is 2.97. The fourth-order valence-corrected chi connectivity index (χ4v) is 2.94. The number of carboxylic acids is 1. The second-order valence-corrected chi connectivity index (χ2v) is 5.64. The first-order valence-electron chi connectivity index (χ1n) is 6.43. The van der Waals surface area contributed by atoms with Crippen molar-refractivity contribution in [3.63, 3.8) is 0 Å².